The Bertz CT molecular complexity index is 479. The minimum absolute atomic E-state index is 0.0974. The van der Waals surface area contributed by atoms with Gasteiger partial charge in [-0.25, -0.2) is 0 Å². The van der Waals surface area contributed by atoms with E-state index in [0.717, 1.165) is 37.4 Å². The van der Waals surface area contributed by atoms with E-state index in [-0.39, 0.29) is 22.8 Å². The summed E-state index contributed by atoms with van der Waals surface area (Å²) in [6, 6.07) is 5.25. The van der Waals surface area contributed by atoms with E-state index in [4.69, 9.17) is 4.74 Å². The van der Waals surface area contributed by atoms with Gasteiger partial charge in [0, 0.05) is 36.7 Å². The molecule has 6 heteroatoms. The zero-order valence-corrected chi connectivity index (χ0v) is 11.9. The van der Waals surface area contributed by atoms with Crippen molar-refractivity contribution in [3.05, 3.63) is 28.3 Å². The molecule has 0 spiro atoms. The van der Waals surface area contributed by atoms with Crippen LogP contribution in [0.2, 0.25) is 0 Å². The lowest BCUT2D eigenvalue weighted by Gasteiger charge is -2.18. The first-order valence-electron chi connectivity index (χ1n) is 7.01. The van der Waals surface area contributed by atoms with Crippen molar-refractivity contribution in [2.24, 2.45) is 0 Å². The molecule has 1 aliphatic rings. The molecule has 0 aliphatic carbocycles. The summed E-state index contributed by atoms with van der Waals surface area (Å²) in [5.74, 6) is 0. The number of ether oxygens (including phenoxy) is 1. The van der Waals surface area contributed by atoms with Crippen LogP contribution in [0.25, 0.3) is 0 Å². The smallest absolute Gasteiger partial charge is 0.273 e. The first-order valence-corrected chi connectivity index (χ1v) is 7.01. The van der Waals surface area contributed by atoms with Gasteiger partial charge in [0.15, 0.2) is 0 Å². The third-order valence-electron chi connectivity index (χ3n) is 3.44. The van der Waals surface area contributed by atoms with Crippen LogP contribution in [0.3, 0.4) is 0 Å². The molecule has 1 aliphatic heterocycles. The van der Waals surface area contributed by atoms with Crippen LogP contribution < -0.4 is 10.6 Å². The van der Waals surface area contributed by atoms with Crippen molar-refractivity contribution in [1.29, 1.82) is 0 Å². The lowest BCUT2D eigenvalue weighted by Crippen LogP contribution is -2.26. The molecule has 6 nitrogen and oxygen atoms in total. The Labute approximate surface area is 118 Å². The van der Waals surface area contributed by atoms with E-state index in [9.17, 15) is 10.1 Å². The molecule has 0 bridgehead atoms. The number of hydrogen-bond acceptors (Lipinski definition) is 5. The molecule has 1 fully saturated rings. The molecular formula is C14H21N3O3. The van der Waals surface area contributed by atoms with Crippen LogP contribution in [0, 0.1) is 10.1 Å². The Hall–Kier alpha value is -1.82. The normalized spacial score (nSPS) is 21.7. The number of nitro groups is 1. The van der Waals surface area contributed by atoms with E-state index in [1.54, 1.807) is 12.1 Å². The highest BCUT2D eigenvalue weighted by atomic mass is 16.6. The number of rotatable bonds is 6. The van der Waals surface area contributed by atoms with Crippen molar-refractivity contribution in [2.75, 3.05) is 23.8 Å². The van der Waals surface area contributed by atoms with Gasteiger partial charge < -0.3 is 15.4 Å². The molecule has 2 N–H and O–H groups in total. The van der Waals surface area contributed by atoms with E-state index < -0.39 is 0 Å². The number of nitro benzene ring substituents is 1. The minimum Gasteiger partial charge on any atom is -0.385 e. The van der Waals surface area contributed by atoms with Crippen molar-refractivity contribution in [1.82, 2.24) is 0 Å². The highest BCUT2D eigenvalue weighted by molar-refractivity contribution is 5.63. The Balaban J connectivity index is 2.17. The molecule has 1 aromatic carbocycles. The van der Waals surface area contributed by atoms with Crippen LogP contribution in [0.5, 0.6) is 0 Å². The van der Waals surface area contributed by atoms with Crippen molar-refractivity contribution in [3.8, 4) is 0 Å². The zero-order chi connectivity index (χ0) is 14.5. The van der Waals surface area contributed by atoms with Gasteiger partial charge in [-0.3, -0.25) is 10.1 Å². The fourth-order valence-corrected chi connectivity index (χ4v) is 2.31. The topological polar surface area (TPSA) is 76.4 Å². The molecule has 110 valence electrons. The molecular weight excluding hydrogens is 258 g/mol. The van der Waals surface area contributed by atoms with Crippen molar-refractivity contribution in [3.63, 3.8) is 0 Å². The van der Waals surface area contributed by atoms with Gasteiger partial charge in [-0.2, -0.15) is 0 Å². The standard InChI is InChI=1S/C14H21N3O3/c1-3-5-15-11-7-12(9-13(8-11)17(18)19)16-14-4-6-20-10(14)2/h7-10,14-16H,3-6H2,1-2H3. The second-order valence-electron chi connectivity index (χ2n) is 5.07. The second-order valence-corrected chi connectivity index (χ2v) is 5.07. The SMILES string of the molecule is CCCNc1cc(NC2CCOC2C)cc([N+](=O)[O-])c1. The van der Waals surface area contributed by atoms with Crippen molar-refractivity contribution >= 4 is 17.1 Å². The molecule has 2 unspecified atom stereocenters. The van der Waals surface area contributed by atoms with E-state index in [1.165, 1.54) is 0 Å². The maximum atomic E-state index is 11.0. The third-order valence-corrected chi connectivity index (χ3v) is 3.44. The summed E-state index contributed by atoms with van der Waals surface area (Å²) in [5, 5.41) is 17.5. The monoisotopic (exact) mass is 279 g/mol. The highest BCUT2D eigenvalue weighted by Crippen LogP contribution is 2.27. The lowest BCUT2D eigenvalue weighted by atomic mass is 10.1. The van der Waals surface area contributed by atoms with Gasteiger partial charge in [0.1, 0.15) is 0 Å². The first-order chi connectivity index (χ1) is 9.60. The molecule has 1 aromatic rings. The number of benzene rings is 1. The molecule has 0 radical (unpaired) electrons. The summed E-state index contributed by atoms with van der Waals surface area (Å²) in [5.41, 5.74) is 1.63. The fraction of sp³-hybridized carbons (Fsp3) is 0.571. The molecule has 1 saturated heterocycles. The number of hydrogen-bond donors (Lipinski definition) is 2. The summed E-state index contributed by atoms with van der Waals surface area (Å²) >= 11 is 0. The Kier molecular flexibility index (Phi) is 4.79. The summed E-state index contributed by atoms with van der Waals surface area (Å²) in [7, 11) is 0. The largest absolute Gasteiger partial charge is 0.385 e. The van der Waals surface area contributed by atoms with E-state index in [0.29, 0.717) is 0 Å². The Morgan fingerprint density at radius 2 is 2.15 bits per heavy atom. The zero-order valence-electron chi connectivity index (χ0n) is 11.9. The van der Waals surface area contributed by atoms with Crippen LogP contribution >= 0.6 is 0 Å². The molecule has 0 aromatic heterocycles. The minimum atomic E-state index is -0.364. The average Bonchev–Trinajstić information content (AvgIpc) is 2.81. The van der Waals surface area contributed by atoms with Crippen LogP contribution in [-0.4, -0.2) is 30.2 Å². The van der Waals surface area contributed by atoms with Gasteiger partial charge >= 0.3 is 0 Å². The van der Waals surface area contributed by atoms with E-state index >= 15 is 0 Å². The predicted molar refractivity (Wildman–Crippen MR) is 79.3 cm³/mol. The van der Waals surface area contributed by atoms with Crippen molar-refractivity contribution < 1.29 is 9.66 Å². The Morgan fingerprint density at radius 3 is 2.75 bits per heavy atom. The van der Waals surface area contributed by atoms with Gasteiger partial charge in [-0.1, -0.05) is 6.92 Å². The van der Waals surface area contributed by atoms with E-state index in [1.807, 2.05) is 13.0 Å². The maximum absolute atomic E-state index is 11.0. The summed E-state index contributed by atoms with van der Waals surface area (Å²) in [4.78, 5) is 10.6. The van der Waals surface area contributed by atoms with Crippen LogP contribution in [0.1, 0.15) is 26.7 Å². The fourth-order valence-electron chi connectivity index (χ4n) is 2.31. The van der Waals surface area contributed by atoms with Gasteiger partial charge in [0.25, 0.3) is 5.69 Å². The summed E-state index contributed by atoms with van der Waals surface area (Å²) in [6.45, 7) is 5.59. The lowest BCUT2D eigenvalue weighted by molar-refractivity contribution is -0.384. The average molecular weight is 279 g/mol. The summed E-state index contributed by atoms with van der Waals surface area (Å²) < 4.78 is 5.50. The highest BCUT2D eigenvalue weighted by Gasteiger charge is 2.24. The molecule has 0 saturated carbocycles. The van der Waals surface area contributed by atoms with Crippen molar-refractivity contribution in [2.45, 2.75) is 38.8 Å². The van der Waals surface area contributed by atoms with Gasteiger partial charge in [-0.15, -0.1) is 0 Å². The molecule has 0 amide bonds. The van der Waals surface area contributed by atoms with E-state index in [2.05, 4.69) is 17.6 Å². The third kappa shape index (κ3) is 3.60. The molecule has 20 heavy (non-hydrogen) atoms. The van der Waals surface area contributed by atoms with Gasteiger partial charge in [0.2, 0.25) is 0 Å². The predicted octanol–water partition coefficient (Wildman–Crippen LogP) is 3.01. The molecule has 2 atom stereocenters. The Morgan fingerprint density at radius 1 is 1.40 bits per heavy atom. The van der Waals surface area contributed by atoms with Gasteiger partial charge in [-0.05, 0) is 25.8 Å². The molecule has 1 heterocycles. The van der Waals surface area contributed by atoms with Crippen LogP contribution in [0.4, 0.5) is 17.1 Å². The summed E-state index contributed by atoms with van der Waals surface area (Å²) in [6.07, 6.45) is 2.02. The first kappa shape index (κ1) is 14.6. The van der Waals surface area contributed by atoms with Crippen LogP contribution in [-0.2, 0) is 4.74 Å². The number of anilines is 2. The number of nitrogens with one attached hydrogen (secondary N) is 2. The number of non-ortho nitro benzene ring substituents is 1. The second kappa shape index (κ2) is 6.56. The maximum Gasteiger partial charge on any atom is 0.273 e. The quantitative estimate of drug-likeness (QED) is 0.618. The number of nitrogens with zero attached hydrogens (tertiary/aromatic N) is 1. The molecule has 2 rings (SSSR count). The van der Waals surface area contributed by atoms with Crippen LogP contribution in [0.15, 0.2) is 18.2 Å². The van der Waals surface area contributed by atoms with Gasteiger partial charge in [0.05, 0.1) is 17.1 Å².